The third-order valence-electron chi connectivity index (χ3n) is 2.81. The summed E-state index contributed by atoms with van der Waals surface area (Å²) in [5, 5.41) is 3.57. The first-order valence-corrected chi connectivity index (χ1v) is 7.88. The van der Waals surface area contributed by atoms with E-state index in [1.807, 2.05) is 24.3 Å². The van der Waals surface area contributed by atoms with Gasteiger partial charge in [0.15, 0.2) is 0 Å². The van der Waals surface area contributed by atoms with Gasteiger partial charge in [-0.15, -0.1) is 0 Å². The van der Waals surface area contributed by atoms with Crippen LogP contribution in [0.3, 0.4) is 0 Å². The van der Waals surface area contributed by atoms with Gasteiger partial charge in [0.05, 0.1) is 4.47 Å². The Kier molecular flexibility index (Phi) is 5.31. The molecule has 0 bridgehead atoms. The van der Waals surface area contributed by atoms with Gasteiger partial charge in [0.2, 0.25) is 0 Å². The van der Waals surface area contributed by atoms with Crippen LogP contribution < -0.4 is 5.32 Å². The molecule has 2 aromatic carbocycles. The highest BCUT2D eigenvalue weighted by molar-refractivity contribution is 9.10. The quantitative estimate of drug-likeness (QED) is 0.756. The number of hydrogen-bond acceptors (Lipinski definition) is 1. The Morgan fingerprint density at radius 3 is 2.35 bits per heavy atom. The number of halogens is 3. The largest absolute Gasteiger partial charge is 0.348 e. The molecule has 0 radical (unpaired) electrons. The van der Waals surface area contributed by atoms with Crippen molar-refractivity contribution in [2.45, 2.75) is 11.9 Å². The number of carbonyl (C=O) groups is 1. The minimum absolute atomic E-state index is 0.291. The zero-order valence-corrected chi connectivity index (χ0v) is 13.7. The number of hydrogen-bond donors (Lipinski definition) is 1. The van der Waals surface area contributed by atoms with Crippen molar-refractivity contribution >= 4 is 37.8 Å². The van der Waals surface area contributed by atoms with Gasteiger partial charge in [0.25, 0.3) is 5.91 Å². The minimum atomic E-state index is -0.445. The minimum Gasteiger partial charge on any atom is -0.348 e. The Balaban J connectivity index is 1.98. The second kappa shape index (κ2) is 6.99. The predicted molar refractivity (Wildman–Crippen MR) is 84.3 cm³/mol. The molecular formula is C15H12Br2FNO. The van der Waals surface area contributed by atoms with Gasteiger partial charge >= 0.3 is 0 Å². The maximum absolute atomic E-state index is 13.4. The lowest BCUT2D eigenvalue weighted by atomic mass is 10.1. The zero-order valence-electron chi connectivity index (χ0n) is 10.5. The van der Waals surface area contributed by atoms with E-state index in [0.29, 0.717) is 16.6 Å². The molecular weight excluding hydrogens is 389 g/mol. The average molecular weight is 401 g/mol. The van der Waals surface area contributed by atoms with Crippen molar-refractivity contribution in [1.29, 1.82) is 0 Å². The fraction of sp³-hybridized carbons (Fsp3) is 0.133. The molecule has 0 aliphatic heterocycles. The molecule has 0 aromatic heterocycles. The highest BCUT2D eigenvalue weighted by Gasteiger charge is 2.08. The van der Waals surface area contributed by atoms with Crippen molar-refractivity contribution < 1.29 is 9.18 Å². The van der Waals surface area contributed by atoms with Crippen LogP contribution in [0.15, 0.2) is 46.9 Å². The Morgan fingerprint density at radius 1 is 1.10 bits per heavy atom. The van der Waals surface area contributed by atoms with Crippen LogP contribution in [0.4, 0.5) is 4.39 Å². The van der Waals surface area contributed by atoms with Crippen LogP contribution in [0.5, 0.6) is 0 Å². The summed E-state index contributed by atoms with van der Waals surface area (Å²) in [6.45, 7) is 0.416. The molecule has 0 atom stereocenters. The van der Waals surface area contributed by atoms with Crippen molar-refractivity contribution in [1.82, 2.24) is 5.32 Å². The number of alkyl halides is 1. The predicted octanol–water partition coefficient (Wildman–Crippen LogP) is 4.41. The van der Waals surface area contributed by atoms with Gasteiger partial charge < -0.3 is 5.32 Å². The lowest BCUT2D eigenvalue weighted by Crippen LogP contribution is -2.22. The highest BCUT2D eigenvalue weighted by atomic mass is 79.9. The zero-order chi connectivity index (χ0) is 14.5. The maximum Gasteiger partial charge on any atom is 0.251 e. The molecule has 0 heterocycles. The van der Waals surface area contributed by atoms with Gasteiger partial charge in [-0.2, -0.15) is 0 Å². The van der Waals surface area contributed by atoms with E-state index < -0.39 is 5.82 Å². The fourth-order valence-corrected chi connectivity index (χ4v) is 2.29. The molecule has 20 heavy (non-hydrogen) atoms. The summed E-state index contributed by atoms with van der Waals surface area (Å²) in [6, 6.07) is 12.2. The van der Waals surface area contributed by atoms with Crippen molar-refractivity contribution in [2.24, 2.45) is 0 Å². The van der Waals surface area contributed by atoms with E-state index in [1.165, 1.54) is 17.7 Å². The molecule has 2 aromatic rings. The second-order valence-corrected chi connectivity index (χ2v) is 5.68. The van der Waals surface area contributed by atoms with Gasteiger partial charge in [0, 0.05) is 17.4 Å². The van der Waals surface area contributed by atoms with E-state index in [-0.39, 0.29) is 5.91 Å². The molecule has 2 rings (SSSR count). The number of amides is 1. The van der Waals surface area contributed by atoms with E-state index in [2.05, 4.69) is 37.2 Å². The van der Waals surface area contributed by atoms with Crippen LogP contribution in [-0.2, 0) is 11.9 Å². The summed E-state index contributed by atoms with van der Waals surface area (Å²) in [6.07, 6.45) is 0. The van der Waals surface area contributed by atoms with E-state index in [9.17, 15) is 9.18 Å². The van der Waals surface area contributed by atoms with Crippen LogP contribution in [-0.4, -0.2) is 5.91 Å². The molecule has 1 amide bonds. The average Bonchev–Trinajstić information content (AvgIpc) is 2.48. The molecule has 0 fully saturated rings. The summed E-state index contributed by atoms with van der Waals surface area (Å²) in [5.41, 5.74) is 2.48. The SMILES string of the molecule is O=C(NCc1ccc(CBr)cc1)c1ccc(Br)c(F)c1. The molecule has 0 aliphatic rings. The van der Waals surface area contributed by atoms with Crippen molar-refractivity contribution in [3.8, 4) is 0 Å². The van der Waals surface area contributed by atoms with Crippen molar-refractivity contribution in [3.63, 3.8) is 0 Å². The standard InChI is InChI=1S/C15H12Br2FNO/c16-8-10-1-3-11(4-2-10)9-19-15(20)12-5-6-13(17)14(18)7-12/h1-7H,8-9H2,(H,19,20). The molecule has 0 saturated carbocycles. The Morgan fingerprint density at radius 2 is 1.75 bits per heavy atom. The van der Waals surface area contributed by atoms with Gasteiger partial charge in [0.1, 0.15) is 5.82 Å². The molecule has 1 N–H and O–H groups in total. The van der Waals surface area contributed by atoms with Crippen LogP contribution in [0.25, 0.3) is 0 Å². The topological polar surface area (TPSA) is 29.1 Å². The van der Waals surface area contributed by atoms with Crippen LogP contribution in [0.2, 0.25) is 0 Å². The number of carbonyl (C=O) groups excluding carboxylic acids is 1. The molecule has 0 saturated heterocycles. The summed E-state index contributed by atoms with van der Waals surface area (Å²) in [7, 11) is 0. The first kappa shape index (κ1) is 15.2. The molecule has 104 valence electrons. The third kappa shape index (κ3) is 3.90. The summed E-state index contributed by atoms with van der Waals surface area (Å²) < 4.78 is 13.7. The molecule has 5 heteroatoms. The van der Waals surface area contributed by atoms with Crippen LogP contribution in [0.1, 0.15) is 21.5 Å². The first-order valence-electron chi connectivity index (χ1n) is 5.97. The van der Waals surface area contributed by atoms with Gasteiger partial charge in [-0.25, -0.2) is 4.39 Å². The number of benzene rings is 2. The molecule has 0 aliphatic carbocycles. The Labute approximate surface area is 133 Å². The molecule has 2 nitrogen and oxygen atoms in total. The van der Waals surface area contributed by atoms with Crippen molar-refractivity contribution in [3.05, 3.63) is 69.4 Å². The van der Waals surface area contributed by atoms with E-state index >= 15 is 0 Å². The Hall–Kier alpha value is -1.20. The molecule has 0 unspecified atom stereocenters. The Bertz CT molecular complexity index is 614. The summed E-state index contributed by atoms with van der Waals surface area (Å²) >= 11 is 6.44. The molecule has 0 spiro atoms. The van der Waals surface area contributed by atoms with Gasteiger partial charge in [-0.05, 0) is 45.3 Å². The lowest BCUT2D eigenvalue weighted by Gasteiger charge is -2.06. The third-order valence-corrected chi connectivity index (χ3v) is 4.10. The smallest absolute Gasteiger partial charge is 0.251 e. The van der Waals surface area contributed by atoms with Crippen molar-refractivity contribution in [2.75, 3.05) is 0 Å². The second-order valence-electron chi connectivity index (χ2n) is 4.26. The highest BCUT2D eigenvalue weighted by Crippen LogP contribution is 2.16. The van der Waals surface area contributed by atoms with Gasteiger partial charge in [-0.3, -0.25) is 4.79 Å². The van der Waals surface area contributed by atoms with Crippen LogP contribution in [0, 0.1) is 5.82 Å². The van der Waals surface area contributed by atoms with E-state index in [0.717, 1.165) is 10.9 Å². The van der Waals surface area contributed by atoms with E-state index in [4.69, 9.17) is 0 Å². The summed E-state index contributed by atoms with van der Waals surface area (Å²) in [4.78, 5) is 11.9. The number of nitrogens with one attached hydrogen (secondary N) is 1. The maximum atomic E-state index is 13.4. The van der Waals surface area contributed by atoms with Crippen LogP contribution >= 0.6 is 31.9 Å². The monoisotopic (exact) mass is 399 g/mol. The number of rotatable bonds is 4. The summed E-state index contributed by atoms with van der Waals surface area (Å²) in [5.74, 6) is -0.736. The normalized spacial score (nSPS) is 10.3. The van der Waals surface area contributed by atoms with E-state index in [1.54, 1.807) is 6.07 Å². The fourth-order valence-electron chi connectivity index (χ4n) is 1.67. The van der Waals surface area contributed by atoms with Gasteiger partial charge in [-0.1, -0.05) is 40.2 Å². The lowest BCUT2D eigenvalue weighted by molar-refractivity contribution is 0.0950. The first-order chi connectivity index (χ1) is 9.60.